The van der Waals surface area contributed by atoms with E-state index in [2.05, 4.69) is 6.58 Å². The molecular formula is C6H12O2S. The molecule has 1 atom stereocenters. The molecule has 0 aromatic heterocycles. The first kappa shape index (κ1) is 8.85. The van der Waals surface area contributed by atoms with E-state index in [1.54, 1.807) is 6.92 Å². The summed E-state index contributed by atoms with van der Waals surface area (Å²) < 4.78 is 0. The Morgan fingerprint density at radius 3 is 2.67 bits per heavy atom. The molecule has 0 spiro atoms. The highest BCUT2D eigenvalue weighted by Crippen LogP contribution is 2.05. The molecule has 0 heterocycles. The molecule has 0 aromatic carbocycles. The quantitative estimate of drug-likeness (QED) is 0.588. The number of aliphatic hydroxyl groups excluding tert-OH is 2. The molecule has 0 aliphatic heterocycles. The van der Waals surface area contributed by atoms with Crippen LogP contribution in [-0.4, -0.2) is 27.8 Å². The fourth-order valence-corrected chi connectivity index (χ4v) is 1.04. The van der Waals surface area contributed by atoms with E-state index in [9.17, 15) is 0 Å². The molecule has 0 aliphatic carbocycles. The van der Waals surface area contributed by atoms with Crippen molar-refractivity contribution in [1.82, 2.24) is 0 Å². The minimum Gasteiger partial charge on any atom is -0.512 e. The summed E-state index contributed by atoms with van der Waals surface area (Å²) in [7, 11) is 0. The zero-order valence-electron chi connectivity index (χ0n) is 5.50. The molecule has 2 N–H and O–H groups in total. The van der Waals surface area contributed by atoms with E-state index in [1.807, 2.05) is 0 Å². The smallest absolute Gasteiger partial charge is 0.0949 e. The van der Waals surface area contributed by atoms with Crippen LogP contribution >= 0.6 is 11.8 Å². The van der Waals surface area contributed by atoms with Gasteiger partial charge in [-0.3, -0.25) is 0 Å². The predicted molar refractivity (Wildman–Crippen MR) is 40.8 cm³/mol. The highest BCUT2D eigenvalue weighted by Gasteiger charge is 1.95. The molecule has 9 heavy (non-hydrogen) atoms. The fourth-order valence-electron chi connectivity index (χ4n) is 0.347. The first-order valence-corrected chi connectivity index (χ1v) is 3.91. The van der Waals surface area contributed by atoms with Gasteiger partial charge in [-0.2, -0.15) is 11.8 Å². The molecule has 0 saturated carbocycles. The molecule has 1 unspecified atom stereocenters. The molecule has 0 aliphatic rings. The maximum absolute atomic E-state index is 8.73. The van der Waals surface area contributed by atoms with Crippen LogP contribution in [-0.2, 0) is 0 Å². The van der Waals surface area contributed by atoms with Crippen LogP contribution in [0.3, 0.4) is 0 Å². The Bertz CT molecular complexity index is 91.1. The molecular weight excluding hydrogens is 136 g/mol. The molecule has 0 radical (unpaired) electrons. The Morgan fingerprint density at radius 1 is 1.78 bits per heavy atom. The summed E-state index contributed by atoms with van der Waals surface area (Å²) >= 11 is 1.47. The van der Waals surface area contributed by atoms with Crippen LogP contribution in [0.1, 0.15) is 6.92 Å². The van der Waals surface area contributed by atoms with Crippen molar-refractivity contribution in [2.45, 2.75) is 13.0 Å². The molecule has 3 heteroatoms. The molecule has 0 amide bonds. The summed E-state index contributed by atoms with van der Waals surface area (Å²) in [5, 5.41) is 17.3. The molecule has 0 rings (SSSR count). The van der Waals surface area contributed by atoms with Gasteiger partial charge in [0.05, 0.1) is 17.6 Å². The first-order chi connectivity index (χ1) is 4.13. The van der Waals surface area contributed by atoms with E-state index >= 15 is 0 Å². The van der Waals surface area contributed by atoms with Crippen molar-refractivity contribution >= 4 is 11.8 Å². The van der Waals surface area contributed by atoms with Crippen molar-refractivity contribution in [3.8, 4) is 0 Å². The lowest BCUT2D eigenvalue weighted by atomic mass is 10.5. The van der Waals surface area contributed by atoms with Crippen molar-refractivity contribution in [3.05, 3.63) is 12.3 Å². The van der Waals surface area contributed by atoms with Gasteiger partial charge >= 0.3 is 0 Å². The summed E-state index contributed by atoms with van der Waals surface area (Å²) in [6.07, 6.45) is -0.297. The van der Waals surface area contributed by atoms with E-state index in [0.29, 0.717) is 11.5 Å². The summed E-state index contributed by atoms with van der Waals surface area (Å²) in [4.78, 5) is 0. The van der Waals surface area contributed by atoms with Gasteiger partial charge in [0.1, 0.15) is 0 Å². The average molecular weight is 148 g/mol. The molecule has 0 saturated heterocycles. The Balaban J connectivity index is 3.01. The van der Waals surface area contributed by atoms with Crippen molar-refractivity contribution in [2.24, 2.45) is 0 Å². The van der Waals surface area contributed by atoms with E-state index < -0.39 is 0 Å². The SMILES string of the molecule is C=C(O)CSCC(C)O. The van der Waals surface area contributed by atoms with Crippen LogP contribution in [0.4, 0.5) is 0 Å². The van der Waals surface area contributed by atoms with Crippen LogP contribution in [0.15, 0.2) is 12.3 Å². The standard InChI is InChI=1S/C6H12O2S/c1-5(7)3-9-4-6(2)8/h6-8H,1,3-4H2,2H3. The third kappa shape index (κ3) is 7.85. The summed E-state index contributed by atoms with van der Waals surface area (Å²) in [6.45, 7) is 5.02. The Kier molecular flexibility index (Phi) is 4.62. The van der Waals surface area contributed by atoms with Crippen LogP contribution in [0.2, 0.25) is 0 Å². The highest BCUT2D eigenvalue weighted by atomic mass is 32.2. The number of aliphatic hydroxyl groups is 2. The van der Waals surface area contributed by atoms with Crippen molar-refractivity contribution in [1.29, 1.82) is 0 Å². The maximum atomic E-state index is 8.73. The maximum Gasteiger partial charge on any atom is 0.0949 e. The third-order valence-electron chi connectivity index (χ3n) is 0.628. The van der Waals surface area contributed by atoms with Gasteiger partial charge in [-0.05, 0) is 6.92 Å². The Hall–Kier alpha value is -0.150. The predicted octanol–water partition coefficient (Wildman–Crippen LogP) is 1.17. The number of thioether (sulfide) groups is 1. The molecule has 54 valence electrons. The third-order valence-corrected chi connectivity index (χ3v) is 1.88. The second kappa shape index (κ2) is 4.70. The lowest BCUT2D eigenvalue weighted by molar-refractivity contribution is 0.220. The summed E-state index contributed by atoms with van der Waals surface area (Å²) in [5.74, 6) is 1.34. The van der Waals surface area contributed by atoms with E-state index in [1.165, 1.54) is 11.8 Å². The van der Waals surface area contributed by atoms with Crippen molar-refractivity contribution in [2.75, 3.05) is 11.5 Å². The van der Waals surface area contributed by atoms with Crippen LogP contribution in [0, 0.1) is 0 Å². The van der Waals surface area contributed by atoms with Gasteiger partial charge in [-0.25, -0.2) is 0 Å². The summed E-state index contributed by atoms with van der Waals surface area (Å²) in [6, 6.07) is 0. The number of hydrogen-bond donors (Lipinski definition) is 2. The monoisotopic (exact) mass is 148 g/mol. The largest absolute Gasteiger partial charge is 0.512 e. The minimum absolute atomic E-state index is 0.167. The molecule has 0 bridgehead atoms. The van der Waals surface area contributed by atoms with E-state index in [4.69, 9.17) is 10.2 Å². The fraction of sp³-hybridized carbons (Fsp3) is 0.667. The summed E-state index contributed by atoms with van der Waals surface area (Å²) in [5.41, 5.74) is 0. The lowest BCUT2D eigenvalue weighted by Gasteiger charge is -2.01. The lowest BCUT2D eigenvalue weighted by Crippen LogP contribution is -2.03. The van der Waals surface area contributed by atoms with Gasteiger partial charge in [-0.15, -0.1) is 0 Å². The topological polar surface area (TPSA) is 40.5 Å². The molecule has 0 aromatic rings. The van der Waals surface area contributed by atoms with Crippen molar-refractivity contribution in [3.63, 3.8) is 0 Å². The first-order valence-electron chi connectivity index (χ1n) is 2.75. The van der Waals surface area contributed by atoms with Gasteiger partial charge in [0.2, 0.25) is 0 Å². The Morgan fingerprint density at radius 2 is 2.33 bits per heavy atom. The second-order valence-electron chi connectivity index (χ2n) is 1.93. The number of rotatable bonds is 4. The van der Waals surface area contributed by atoms with Gasteiger partial charge in [-0.1, -0.05) is 6.58 Å². The van der Waals surface area contributed by atoms with Gasteiger partial charge in [0.25, 0.3) is 0 Å². The van der Waals surface area contributed by atoms with Crippen molar-refractivity contribution < 1.29 is 10.2 Å². The van der Waals surface area contributed by atoms with Gasteiger partial charge < -0.3 is 10.2 Å². The van der Waals surface area contributed by atoms with Crippen LogP contribution < -0.4 is 0 Å². The molecule has 2 nitrogen and oxygen atoms in total. The average Bonchev–Trinajstić information content (AvgIpc) is 1.63. The van der Waals surface area contributed by atoms with Gasteiger partial charge in [0, 0.05) is 5.75 Å². The van der Waals surface area contributed by atoms with Gasteiger partial charge in [0.15, 0.2) is 0 Å². The van der Waals surface area contributed by atoms with Crippen LogP contribution in [0.5, 0.6) is 0 Å². The van der Waals surface area contributed by atoms with E-state index in [-0.39, 0.29) is 11.9 Å². The second-order valence-corrected chi connectivity index (χ2v) is 2.96. The highest BCUT2D eigenvalue weighted by molar-refractivity contribution is 7.99. The zero-order chi connectivity index (χ0) is 7.28. The minimum atomic E-state index is -0.297. The number of hydrogen-bond acceptors (Lipinski definition) is 3. The normalized spacial score (nSPS) is 13.1. The zero-order valence-corrected chi connectivity index (χ0v) is 6.32. The Labute approximate surface area is 59.6 Å². The molecule has 0 fully saturated rings. The van der Waals surface area contributed by atoms with E-state index in [0.717, 1.165) is 0 Å². The van der Waals surface area contributed by atoms with Crippen LogP contribution in [0.25, 0.3) is 0 Å².